The van der Waals surface area contributed by atoms with Gasteiger partial charge in [0.15, 0.2) is 0 Å². The van der Waals surface area contributed by atoms with Gasteiger partial charge in [-0.1, -0.05) is 20.8 Å². The molecule has 0 aromatic carbocycles. The molecule has 3 N–H and O–H groups in total. The summed E-state index contributed by atoms with van der Waals surface area (Å²) in [4.78, 5) is 8.59. The van der Waals surface area contributed by atoms with Crippen LogP contribution in [-0.2, 0) is 6.42 Å². The Morgan fingerprint density at radius 1 is 1.11 bits per heavy atom. The van der Waals surface area contributed by atoms with Gasteiger partial charge in [-0.3, -0.25) is 0 Å². The van der Waals surface area contributed by atoms with Gasteiger partial charge in [0.25, 0.3) is 0 Å². The van der Waals surface area contributed by atoms with Gasteiger partial charge in [0.05, 0.1) is 6.10 Å². The highest BCUT2D eigenvalue weighted by atomic mass is 16.3. The Balaban J connectivity index is 2.66. The van der Waals surface area contributed by atoms with Crippen LogP contribution in [0.3, 0.4) is 0 Å². The minimum Gasteiger partial charge on any atom is -0.393 e. The number of nitrogens with zero attached hydrogens (tertiary/aromatic N) is 2. The molecule has 0 spiro atoms. The first-order valence-electron chi connectivity index (χ1n) is 7.22. The van der Waals surface area contributed by atoms with E-state index in [0.29, 0.717) is 0 Å². The zero-order valence-corrected chi connectivity index (χ0v) is 12.2. The summed E-state index contributed by atoms with van der Waals surface area (Å²) < 4.78 is 0. The normalized spacial score (nSPS) is 12.2. The second-order valence-corrected chi connectivity index (χ2v) is 4.61. The number of aromatic nitrogens is 2. The fraction of sp³-hybridized carbons (Fsp3) is 0.714. The lowest BCUT2D eigenvalue weighted by atomic mass is 10.2. The first kappa shape index (κ1) is 15.7. The highest BCUT2D eigenvalue weighted by Gasteiger charge is 2.09. The van der Waals surface area contributed by atoms with E-state index in [0.717, 1.165) is 56.0 Å². The van der Waals surface area contributed by atoms with Gasteiger partial charge in [-0.2, -0.15) is 0 Å². The summed E-state index contributed by atoms with van der Waals surface area (Å²) in [6.45, 7) is 7.86. The number of nitrogens with one attached hydrogen (secondary N) is 2. The molecule has 5 heteroatoms. The van der Waals surface area contributed by atoms with Gasteiger partial charge in [0.2, 0.25) is 0 Å². The molecule has 0 aliphatic rings. The van der Waals surface area contributed by atoms with Gasteiger partial charge in [-0.15, -0.1) is 0 Å². The third kappa shape index (κ3) is 5.03. The third-order valence-electron chi connectivity index (χ3n) is 3.08. The van der Waals surface area contributed by atoms with E-state index in [2.05, 4.69) is 34.4 Å². The quantitative estimate of drug-likeness (QED) is 0.640. The monoisotopic (exact) mass is 266 g/mol. The number of hydrogen-bond donors (Lipinski definition) is 3. The van der Waals surface area contributed by atoms with Gasteiger partial charge in [-0.05, 0) is 25.7 Å². The predicted octanol–water partition coefficient (Wildman–Crippen LogP) is 2.43. The molecule has 1 aromatic rings. The predicted molar refractivity (Wildman–Crippen MR) is 79.6 cm³/mol. The standard InChI is InChI=1S/C14H26N4O/c1-4-8-15-13-12(6-3)14(18-10-17-13)16-9-7-11(19)5-2/h10-11,19H,4-9H2,1-3H3,(H2,15,16,17,18). The summed E-state index contributed by atoms with van der Waals surface area (Å²) in [6, 6.07) is 0. The van der Waals surface area contributed by atoms with E-state index in [1.807, 2.05) is 6.92 Å². The Hall–Kier alpha value is -1.36. The largest absolute Gasteiger partial charge is 0.393 e. The summed E-state index contributed by atoms with van der Waals surface area (Å²) >= 11 is 0. The molecule has 0 bridgehead atoms. The van der Waals surface area contributed by atoms with E-state index in [1.54, 1.807) is 6.33 Å². The summed E-state index contributed by atoms with van der Waals surface area (Å²) in [6.07, 6.45) is 4.81. The van der Waals surface area contributed by atoms with E-state index < -0.39 is 0 Å². The molecule has 1 rings (SSSR count). The van der Waals surface area contributed by atoms with Gasteiger partial charge >= 0.3 is 0 Å². The molecule has 0 saturated carbocycles. The summed E-state index contributed by atoms with van der Waals surface area (Å²) in [7, 11) is 0. The highest BCUT2D eigenvalue weighted by Crippen LogP contribution is 2.20. The van der Waals surface area contributed by atoms with E-state index in [1.165, 1.54) is 0 Å². The lowest BCUT2D eigenvalue weighted by Gasteiger charge is -2.15. The fourth-order valence-corrected chi connectivity index (χ4v) is 1.86. The SMILES string of the molecule is CCCNc1ncnc(NCCC(O)CC)c1CC. The van der Waals surface area contributed by atoms with Crippen LogP contribution in [0.1, 0.15) is 45.6 Å². The van der Waals surface area contributed by atoms with Crippen molar-refractivity contribution in [1.82, 2.24) is 9.97 Å². The molecule has 0 saturated heterocycles. The lowest BCUT2D eigenvalue weighted by molar-refractivity contribution is 0.164. The van der Waals surface area contributed by atoms with Crippen LogP contribution in [0.15, 0.2) is 6.33 Å². The molecular weight excluding hydrogens is 240 g/mol. The number of aliphatic hydroxyl groups is 1. The van der Waals surface area contributed by atoms with Crippen molar-refractivity contribution in [3.63, 3.8) is 0 Å². The fourth-order valence-electron chi connectivity index (χ4n) is 1.86. The Morgan fingerprint density at radius 3 is 2.26 bits per heavy atom. The minimum absolute atomic E-state index is 0.239. The van der Waals surface area contributed by atoms with Gasteiger partial charge in [-0.25, -0.2) is 9.97 Å². The zero-order valence-electron chi connectivity index (χ0n) is 12.2. The molecule has 1 aromatic heterocycles. The number of hydrogen-bond acceptors (Lipinski definition) is 5. The molecule has 5 nitrogen and oxygen atoms in total. The van der Waals surface area contributed by atoms with Crippen molar-refractivity contribution in [2.24, 2.45) is 0 Å². The molecule has 108 valence electrons. The van der Waals surface area contributed by atoms with Gasteiger partial charge in [0, 0.05) is 18.7 Å². The Morgan fingerprint density at radius 2 is 1.74 bits per heavy atom. The second-order valence-electron chi connectivity index (χ2n) is 4.61. The van der Waals surface area contributed by atoms with Crippen LogP contribution in [-0.4, -0.2) is 34.3 Å². The van der Waals surface area contributed by atoms with Crippen LogP contribution < -0.4 is 10.6 Å². The number of anilines is 2. The smallest absolute Gasteiger partial charge is 0.134 e. The molecule has 19 heavy (non-hydrogen) atoms. The maximum absolute atomic E-state index is 9.55. The van der Waals surface area contributed by atoms with Gasteiger partial charge in [0.1, 0.15) is 18.0 Å². The molecular formula is C14H26N4O. The molecule has 0 aliphatic carbocycles. The third-order valence-corrected chi connectivity index (χ3v) is 3.08. The highest BCUT2D eigenvalue weighted by molar-refractivity contribution is 5.57. The second kappa shape index (κ2) is 8.69. The van der Waals surface area contributed by atoms with Crippen molar-refractivity contribution in [2.75, 3.05) is 23.7 Å². The number of rotatable bonds is 9. The Labute approximate surface area is 115 Å². The first-order valence-corrected chi connectivity index (χ1v) is 7.22. The first-order chi connectivity index (χ1) is 9.22. The van der Waals surface area contributed by atoms with Crippen molar-refractivity contribution in [2.45, 2.75) is 52.6 Å². The molecule has 1 unspecified atom stereocenters. The average molecular weight is 266 g/mol. The molecule has 1 atom stereocenters. The minimum atomic E-state index is -0.239. The Bertz CT molecular complexity index is 370. The maximum atomic E-state index is 9.55. The topological polar surface area (TPSA) is 70.1 Å². The van der Waals surface area contributed by atoms with Gasteiger partial charge < -0.3 is 15.7 Å². The van der Waals surface area contributed by atoms with Crippen molar-refractivity contribution >= 4 is 11.6 Å². The van der Waals surface area contributed by atoms with Crippen LogP contribution in [0.4, 0.5) is 11.6 Å². The molecule has 0 fully saturated rings. The van der Waals surface area contributed by atoms with Crippen molar-refractivity contribution < 1.29 is 5.11 Å². The molecule has 0 radical (unpaired) electrons. The van der Waals surface area contributed by atoms with Crippen molar-refractivity contribution in [1.29, 1.82) is 0 Å². The molecule has 0 aliphatic heterocycles. The van der Waals surface area contributed by atoms with E-state index >= 15 is 0 Å². The summed E-state index contributed by atoms with van der Waals surface area (Å²) in [5.74, 6) is 1.79. The van der Waals surface area contributed by atoms with Crippen molar-refractivity contribution in [3.05, 3.63) is 11.9 Å². The number of aliphatic hydroxyl groups excluding tert-OH is 1. The Kier molecular flexibility index (Phi) is 7.18. The molecule has 0 amide bonds. The summed E-state index contributed by atoms with van der Waals surface area (Å²) in [5, 5.41) is 16.2. The average Bonchev–Trinajstić information content (AvgIpc) is 2.44. The van der Waals surface area contributed by atoms with Crippen LogP contribution in [0.5, 0.6) is 0 Å². The lowest BCUT2D eigenvalue weighted by Crippen LogP contribution is -2.15. The van der Waals surface area contributed by atoms with E-state index in [9.17, 15) is 5.11 Å². The maximum Gasteiger partial charge on any atom is 0.134 e. The van der Waals surface area contributed by atoms with E-state index in [4.69, 9.17) is 0 Å². The van der Waals surface area contributed by atoms with Crippen LogP contribution in [0, 0.1) is 0 Å². The zero-order chi connectivity index (χ0) is 14.1. The molecule has 1 heterocycles. The van der Waals surface area contributed by atoms with Crippen molar-refractivity contribution in [3.8, 4) is 0 Å². The summed E-state index contributed by atoms with van der Waals surface area (Å²) in [5.41, 5.74) is 1.11. The van der Waals surface area contributed by atoms with Crippen LogP contribution >= 0.6 is 0 Å². The van der Waals surface area contributed by atoms with E-state index in [-0.39, 0.29) is 6.10 Å². The van der Waals surface area contributed by atoms with Crippen LogP contribution in [0.25, 0.3) is 0 Å². The van der Waals surface area contributed by atoms with Crippen LogP contribution in [0.2, 0.25) is 0 Å².